The Morgan fingerprint density at radius 2 is 2.36 bits per heavy atom. The van der Waals surface area contributed by atoms with Crippen LogP contribution < -0.4 is 5.32 Å². The van der Waals surface area contributed by atoms with Crippen LogP contribution in [0.4, 0.5) is 0 Å². The Hall–Kier alpha value is -1.28. The van der Waals surface area contributed by atoms with E-state index in [1.54, 1.807) is 18.2 Å². The summed E-state index contributed by atoms with van der Waals surface area (Å²) in [4.78, 5) is 11.5. The van der Waals surface area contributed by atoms with Crippen molar-refractivity contribution in [3.63, 3.8) is 0 Å². The molecule has 0 aromatic heterocycles. The zero-order chi connectivity index (χ0) is 10.4. The third-order valence-corrected chi connectivity index (χ3v) is 2.06. The van der Waals surface area contributed by atoms with Gasteiger partial charge in [-0.3, -0.25) is 4.79 Å². The molecule has 0 saturated carbocycles. The summed E-state index contributed by atoms with van der Waals surface area (Å²) in [5.74, 6) is 0.319. The number of carbonyl (C=O) groups excluding carboxylic acids is 1. The van der Waals surface area contributed by atoms with Crippen LogP contribution in [0.3, 0.4) is 0 Å². The fourth-order valence-corrected chi connectivity index (χ4v) is 1.23. The molecule has 2 nitrogen and oxygen atoms in total. The Bertz CT molecular complexity index is 336. The standard InChI is InChI=1S/C11H12ClNO/c1-2-6-13-11(14)10-5-3-4-9(7-10)8-12/h2-5,7H,1,6,8H2,(H,13,14). The third-order valence-electron chi connectivity index (χ3n) is 1.75. The van der Waals surface area contributed by atoms with E-state index in [9.17, 15) is 4.79 Å². The van der Waals surface area contributed by atoms with Gasteiger partial charge in [-0.1, -0.05) is 18.2 Å². The summed E-state index contributed by atoms with van der Waals surface area (Å²) in [5, 5.41) is 2.70. The summed E-state index contributed by atoms with van der Waals surface area (Å²) in [6.45, 7) is 4.00. The second-order valence-electron chi connectivity index (χ2n) is 2.83. The molecule has 0 radical (unpaired) electrons. The van der Waals surface area contributed by atoms with Crippen LogP contribution in [-0.4, -0.2) is 12.5 Å². The largest absolute Gasteiger partial charge is 0.349 e. The molecular weight excluding hydrogens is 198 g/mol. The molecule has 0 aliphatic carbocycles. The van der Waals surface area contributed by atoms with Gasteiger partial charge in [-0.05, 0) is 17.7 Å². The van der Waals surface area contributed by atoms with Crippen LogP contribution in [0.25, 0.3) is 0 Å². The Morgan fingerprint density at radius 1 is 1.57 bits per heavy atom. The quantitative estimate of drug-likeness (QED) is 0.599. The van der Waals surface area contributed by atoms with Gasteiger partial charge in [0, 0.05) is 18.0 Å². The summed E-state index contributed by atoms with van der Waals surface area (Å²) < 4.78 is 0. The zero-order valence-electron chi connectivity index (χ0n) is 7.79. The van der Waals surface area contributed by atoms with Crippen molar-refractivity contribution in [1.29, 1.82) is 0 Å². The van der Waals surface area contributed by atoms with Crippen molar-refractivity contribution in [2.45, 2.75) is 5.88 Å². The molecule has 74 valence electrons. The van der Waals surface area contributed by atoms with Gasteiger partial charge in [0.1, 0.15) is 0 Å². The van der Waals surface area contributed by atoms with Gasteiger partial charge in [0.2, 0.25) is 0 Å². The van der Waals surface area contributed by atoms with Gasteiger partial charge in [0.15, 0.2) is 0 Å². The van der Waals surface area contributed by atoms with Gasteiger partial charge in [-0.25, -0.2) is 0 Å². The highest BCUT2D eigenvalue weighted by molar-refractivity contribution is 6.17. The van der Waals surface area contributed by atoms with Crippen LogP contribution in [0.5, 0.6) is 0 Å². The normalized spacial score (nSPS) is 9.50. The Balaban J connectivity index is 2.73. The van der Waals surface area contributed by atoms with Crippen molar-refractivity contribution in [2.24, 2.45) is 0 Å². The highest BCUT2D eigenvalue weighted by Crippen LogP contribution is 2.07. The van der Waals surface area contributed by atoms with E-state index >= 15 is 0 Å². The number of rotatable bonds is 4. The number of nitrogens with one attached hydrogen (secondary N) is 1. The lowest BCUT2D eigenvalue weighted by atomic mass is 10.1. The van der Waals surface area contributed by atoms with Crippen molar-refractivity contribution < 1.29 is 4.79 Å². The maximum Gasteiger partial charge on any atom is 0.251 e. The molecule has 0 spiro atoms. The molecule has 14 heavy (non-hydrogen) atoms. The summed E-state index contributed by atoms with van der Waals surface area (Å²) in [7, 11) is 0. The molecule has 1 N–H and O–H groups in total. The van der Waals surface area contributed by atoms with Crippen molar-refractivity contribution in [2.75, 3.05) is 6.54 Å². The molecule has 1 aromatic rings. The molecule has 1 aromatic carbocycles. The van der Waals surface area contributed by atoms with Crippen LogP contribution in [0.1, 0.15) is 15.9 Å². The minimum atomic E-state index is -0.100. The summed E-state index contributed by atoms with van der Waals surface area (Å²) in [5.41, 5.74) is 1.57. The monoisotopic (exact) mass is 209 g/mol. The predicted molar refractivity (Wildman–Crippen MR) is 58.5 cm³/mol. The molecule has 0 aliphatic rings. The van der Waals surface area contributed by atoms with Crippen LogP contribution >= 0.6 is 11.6 Å². The summed E-state index contributed by atoms with van der Waals surface area (Å²) >= 11 is 5.66. The van der Waals surface area contributed by atoms with E-state index in [4.69, 9.17) is 11.6 Å². The molecule has 0 fully saturated rings. The van der Waals surface area contributed by atoms with E-state index in [1.165, 1.54) is 0 Å². The first-order valence-electron chi connectivity index (χ1n) is 4.32. The Kier molecular flexibility index (Phi) is 4.20. The lowest BCUT2D eigenvalue weighted by molar-refractivity contribution is 0.0958. The average molecular weight is 210 g/mol. The van der Waals surface area contributed by atoms with E-state index < -0.39 is 0 Å². The van der Waals surface area contributed by atoms with Crippen LogP contribution in [0.2, 0.25) is 0 Å². The molecule has 0 atom stereocenters. The van der Waals surface area contributed by atoms with Gasteiger partial charge in [0.05, 0.1) is 0 Å². The number of alkyl halides is 1. The molecular formula is C11H12ClNO. The fraction of sp³-hybridized carbons (Fsp3) is 0.182. The number of hydrogen-bond donors (Lipinski definition) is 1. The van der Waals surface area contributed by atoms with Gasteiger partial charge in [0.25, 0.3) is 5.91 Å². The predicted octanol–water partition coefficient (Wildman–Crippen LogP) is 2.34. The highest BCUT2D eigenvalue weighted by atomic mass is 35.5. The number of amides is 1. The minimum Gasteiger partial charge on any atom is -0.349 e. The number of hydrogen-bond acceptors (Lipinski definition) is 1. The van der Waals surface area contributed by atoms with Crippen molar-refractivity contribution >= 4 is 17.5 Å². The Morgan fingerprint density at radius 3 is 3.00 bits per heavy atom. The topological polar surface area (TPSA) is 29.1 Å². The lowest BCUT2D eigenvalue weighted by Gasteiger charge is -2.03. The number of halogens is 1. The van der Waals surface area contributed by atoms with Crippen molar-refractivity contribution in [3.8, 4) is 0 Å². The molecule has 1 amide bonds. The second kappa shape index (κ2) is 5.45. The van der Waals surface area contributed by atoms with Gasteiger partial charge >= 0.3 is 0 Å². The minimum absolute atomic E-state index is 0.100. The maximum atomic E-state index is 11.5. The van der Waals surface area contributed by atoms with E-state index in [0.29, 0.717) is 18.0 Å². The number of carbonyl (C=O) groups is 1. The lowest BCUT2D eigenvalue weighted by Crippen LogP contribution is -2.23. The maximum absolute atomic E-state index is 11.5. The first kappa shape index (κ1) is 10.8. The van der Waals surface area contributed by atoms with E-state index in [2.05, 4.69) is 11.9 Å². The molecule has 0 heterocycles. The molecule has 0 saturated heterocycles. The van der Waals surface area contributed by atoms with E-state index in [0.717, 1.165) is 5.56 Å². The average Bonchev–Trinajstić information content (AvgIpc) is 2.26. The first-order chi connectivity index (χ1) is 6.77. The van der Waals surface area contributed by atoms with Gasteiger partial charge < -0.3 is 5.32 Å². The van der Waals surface area contributed by atoms with Gasteiger partial charge in [-0.2, -0.15) is 0 Å². The Labute approximate surface area is 88.6 Å². The molecule has 0 bridgehead atoms. The van der Waals surface area contributed by atoms with Crippen LogP contribution in [0.15, 0.2) is 36.9 Å². The molecule has 3 heteroatoms. The smallest absolute Gasteiger partial charge is 0.251 e. The fourth-order valence-electron chi connectivity index (χ4n) is 1.06. The third kappa shape index (κ3) is 2.89. The van der Waals surface area contributed by atoms with Crippen LogP contribution in [-0.2, 0) is 5.88 Å². The first-order valence-corrected chi connectivity index (χ1v) is 4.85. The molecule has 0 aliphatic heterocycles. The SMILES string of the molecule is C=CCNC(=O)c1cccc(CCl)c1. The zero-order valence-corrected chi connectivity index (χ0v) is 8.55. The molecule has 1 rings (SSSR count). The molecule has 0 unspecified atom stereocenters. The van der Waals surface area contributed by atoms with E-state index in [-0.39, 0.29) is 5.91 Å². The van der Waals surface area contributed by atoms with E-state index in [1.807, 2.05) is 12.1 Å². The van der Waals surface area contributed by atoms with Gasteiger partial charge in [-0.15, -0.1) is 18.2 Å². The van der Waals surface area contributed by atoms with Crippen molar-refractivity contribution in [1.82, 2.24) is 5.32 Å². The van der Waals surface area contributed by atoms with Crippen molar-refractivity contribution in [3.05, 3.63) is 48.0 Å². The van der Waals surface area contributed by atoms with Crippen LogP contribution in [0, 0.1) is 0 Å². The highest BCUT2D eigenvalue weighted by Gasteiger charge is 2.03. The summed E-state index contributed by atoms with van der Waals surface area (Å²) in [6.07, 6.45) is 1.64. The summed E-state index contributed by atoms with van der Waals surface area (Å²) in [6, 6.07) is 7.25. The second-order valence-corrected chi connectivity index (χ2v) is 3.10. The number of benzene rings is 1.